The monoisotopic (exact) mass is 302 g/mol. The number of aryl methyl sites for hydroxylation is 1. The molecular weight excluding hydrogens is 280 g/mol. The Morgan fingerprint density at radius 3 is 2.82 bits per heavy atom. The minimum Gasteiger partial charge on any atom is -0.356 e. The summed E-state index contributed by atoms with van der Waals surface area (Å²) in [5, 5.41) is 7.98. The summed E-state index contributed by atoms with van der Waals surface area (Å²) in [6, 6.07) is 5.91. The van der Waals surface area contributed by atoms with Crippen molar-refractivity contribution in [3.8, 4) is 0 Å². The molecule has 118 valence electrons. The summed E-state index contributed by atoms with van der Waals surface area (Å²) in [6.45, 7) is 9.04. The van der Waals surface area contributed by atoms with Crippen molar-refractivity contribution < 1.29 is 9.32 Å². The Morgan fingerprint density at radius 2 is 2.09 bits per heavy atom. The molecule has 0 atom stereocenters. The second kappa shape index (κ2) is 6.36. The topological polar surface area (TPSA) is 61.6 Å². The van der Waals surface area contributed by atoms with Gasteiger partial charge in [-0.05, 0) is 25.6 Å². The number of carbonyl (C=O) groups excluding carboxylic acids is 1. The van der Waals surface area contributed by atoms with Gasteiger partial charge in [-0.1, -0.05) is 23.7 Å². The highest BCUT2D eigenvalue weighted by molar-refractivity contribution is 5.81. The molecule has 3 rings (SSSR count). The third-order valence-corrected chi connectivity index (χ3v) is 4.21. The lowest BCUT2D eigenvalue weighted by Gasteiger charge is -2.33. The van der Waals surface area contributed by atoms with Gasteiger partial charge < -0.3 is 19.6 Å². The Balaban J connectivity index is 1.59. The van der Waals surface area contributed by atoms with Crippen LogP contribution in [0.5, 0.6) is 0 Å². The zero-order valence-corrected chi connectivity index (χ0v) is 13.1. The molecule has 0 radical (unpaired) electrons. The van der Waals surface area contributed by atoms with Gasteiger partial charge in [0.2, 0.25) is 0 Å². The highest BCUT2D eigenvalue weighted by Gasteiger charge is 2.20. The molecule has 1 aliphatic heterocycles. The number of hydrogen-bond donors (Lipinski definition) is 1. The Hall–Kier alpha value is -2.08. The third kappa shape index (κ3) is 3.06. The lowest BCUT2D eigenvalue weighted by atomic mass is 10.1. The maximum atomic E-state index is 12.2. The molecule has 1 fully saturated rings. The van der Waals surface area contributed by atoms with E-state index in [9.17, 15) is 4.79 Å². The number of amides is 2. The van der Waals surface area contributed by atoms with E-state index in [0.29, 0.717) is 6.54 Å². The molecule has 1 saturated heterocycles. The number of piperazine rings is 1. The zero-order valence-electron chi connectivity index (χ0n) is 13.1. The van der Waals surface area contributed by atoms with Gasteiger partial charge >= 0.3 is 6.03 Å². The number of nitrogens with one attached hydrogen (secondary N) is 1. The van der Waals surface area contributed by atoms with Crippen LogP contribution in [0.4, 0.5) is 4.79 Å². The van der Waals surface area contributed by atoms with Crippen LogP contribution in [0, 0.1) is 6.92 Å². The summed E-state index contributed by atoms with van der Waals surface area (Å²) in [5.41, 5.74) is 2.68. The van der Waals surface area contributed by atoms with Crippen LogP contribution in [0.3, 0.4) is 0 Å². The molecule has 2 aromatic rings. The molecule has 1 aromatic heterocycles. The molecular formula is C16H22N4O2. The average Bonchev–Trinajstić information content (AvgIpc) is 2.95. The third-order valence-electron chi connectivity index (χ3n) is 4.21. The van der Waals surface area contributed by atoms with Crippen molar-refractivity contribution in [1.29, 1.82) is 0 Å². The fourth-order valence-corrected chi connectivity index (χ4v) is 2.77. The van der Waals surface area contributed by atoms with E-state index < -0.39 is 0 Å². The highest BCUT2D eigenvalue weighted by atomic mass is 16.5. The first-order valence-electron chi connectivity index (χ1n) is 7.77. The Labute approximate surface area is 130 Å². The number of urea groups is 1. The van der Waals surface area contributed by atoms with E-state index in [1.807, 2.05) is 30.0 Å². The van der Waals surface area contributed by atoms with Gasteiger partial charge in [0.25, 0.3) is 0 Å². The fourth-order valence-electron chi connectivity index (χ4n) is 2.77. The number of nitrogens with zero attached hydrogens (tertiary/aromatic N) is 3. The van der Waals surface area contributed by atoms with E-state index in [2.05, 4.69) is 22.3 Å². The molecule has 1 aliphatic rings. The van der Waals surface area contributed by atoms with Crippen LogP contribution in [0.25, 0.3) is 11.0 Å². The first-order valence-corrected chi connectivity index (χ1v) is 7.77. The van der Waals surface area contributed by atoms with Gasteiger partial charge in [0.15, 0.2) is 5.58 Å². The van der Waals surface area contributed by atoms with E-state index >= 15 is 0 Å². The molecule has 6 nitrogen and oxygen atoms in total. The Morgan fingerprint density at radius 1 is 1.32 bits per heavy atom. The summed E-state index contributed by atoms with van der Waals surface area (Å²) in [4.78, 5) is 16.4. The normalized spacial score (nSPS) is 16.2. The van der Waals surface area contributed by atoms with Gasteiger partial charge in [-0.3, -0.25) is 0 Å². The fraction of sp³-hybridized carbons (Fsp3) is 0.500. The molecule has 1 aromatic carbocycles. The highest BCUT2D eigenvalue weighted by Crippen LogP contribution is 2.19. The molecule has 22 heavy (non-hydrogen) atoms. The summed E-state index contributed by atoms with van der Waals surface area (Å²) in [5.74, 6) is 0. The van der Waals surface area contributed by atoms with E-state index in [0.717, 1.165) is 55.0 Å². The molecule has 0 unspecified atom stereocenters. The van der Waals surface area contributed by atoms with Gasteiger partial charge in [-0.15, -0.1) is 0 Å². The number of aromatic nitrogens is 1. The van der Waals surface area contributed by atoms with Crippen molar-refractivity contribution in [3.63, 3.8) is 0 Å². The van der Waals surface area contributed by atoms with E-state index in [4.69, 9.17) is 4.52 Å². The maximum absolute atomic E-state index is 12.2. The maximum Gasteiger partial charge on any atom is 0.317 e. The Bertz CT molecular complexity index is 659. The number of carbonyl (C=O) groups is 1. The van der Waals surface area contributed by atoms with Gasteiger partial charge in [-0.2, -0.15) is 0 Å². The minimum atomic E-state index is -0.0282. The number of likely N-dealkylation sites (N-methyl/N-ethyl adjacent to an activating group) is 1. The SMILES string of the molecule is CCN1CCN(C(=O)NCc2noc3ccc(C)cc23)CC1. The van der Waals surface area contributed by atoms with Gasteiger partial charge in [0.05, 0.1) is 6.54 Å². The summed E-state index contributed by atoms with van der Waals surface area (Å²) < 4.78 is 5.29. The van der Waals surface area contributed by atoms with Crippen molar-refractivity contribution in [2.24, 2.45) is 0 Å². The predicted octanol–water partition coefficient (Wildman–Crippen LogP) is 1.98. The molecule has 6 heteroatoms. The standard InChI is InChI=1S/C16H22N4O2/c1-3-19-6-8-20(9-7-19)16(21)17-11-14-13-10-12(2)4-5-15(13)22-18-14/h4-5,10H,3,6-9,11H2,1-2H3,(H,17,21). The summed E-state index contributed by atoms with van der Waals surface area (Å²) in [7, 11) is 0. The average molecular weight is 302 g/mol. The molecule has 2 amide bonds. The smallest absolute Gasteiger partial charge is 0.317 e. The lowest BCUT2D eigenvalue weighted by Crippen LogP contribution is -2.51. The molecule has 0 spiro atoms. The van der Waals surface area contributed by atoms with Gasteiger partial charge in [0.1, 0.15) is 5.69 Å². The molecule has 2 heterocycles. The van der Waals surface area contributed by atoms with Crippen LogP contribution in [0.2, 0.25) is 0 Å². The quantitative estimate of drug-likeness (QED) is 0.942. The van der Waals surface area contributed by atoms with E-state index in [-0.39, 0.29) is 6.03 Å². The van der Waals surface area contributed by atoms with Crippen LogP contribution in [-0.2, 0) is 6.54 Å². The number of benzene rings is 1. The second-order valence-electron chi connectivity index (χ2n) is 5.71. The van der Waals surface area contributed by atoms with Crippen molar-refractivity contribution in [3.05, 3.63) is 29.5 Å². The largest absolute Gasteiger partial charge is 0.356 e. The van der Waals surface area contributed by atoms with Crippen molar-refractivity contribution in [2.45, 2.75) is 20.4 Å². The molecule has 1 N–H and O–H groups in total. The van der Waals surface area contributed by atoms with Gasteiger partial charge in [-0.25, -0.2) is 4.79 Å². The first-order chi connectivity index (χ1) is 10.7. The van der Waals surface area contributed by atoms with Crippen LogP contribution >= 0.6 is 0 Å². The molecule has 0 saturated carbocycles. The van der Waals surface area contributed by atoms with Crippen molar-refractivity contribution >= 4 is 17.0 Å². The number of fused-ring (bicyclic) bond motifs is 1. The molecule has 0 aliphatic carbocycles. The van der Waals surface area contributed by atoms with Gasteiger partial charge in [0, 0.05) is 31.6 Å². The second-order valence-corrected chi connectivity index (χ2v) is 5.71. The van der Waals surface area contributed by atoms with E-state index in [1.165, 1.54) is 0 Å². The first kappa shape index (κ1) is 14.8. The predicted molar refractivity (Wildman–Crippen MR) is 84.7 cm³/mol. The van der Waals surface area contributed by atoms with Crippen molar-refractivity contribution in [2.75, 3.05) is 32.7 Å². The minimum absolute atomic E-state index is 0.0282. The van der Waals surface area contributed by atoms with Crippen molar-refractivity contribution in [1.82, 2.24) is 20.3 Å². The van der Waals surface area contributed by atoms with Crippen LogP contribution < -0.4 is 5.32 Å². The van der Waals surface area contributed by atoms with Crippen LogP contribution in [0.15, 0.2) is 22.7 Å². The molecule has 0 bridgehead atoms. The van der Waals surface area contributed by atoms with Crippen LogP contribution in [0.1, 0.15) is 18.2 Å². The lowest BCUT2D eigenvalue weighted by molar-refractivity contribution is 0.142. The Kier molecular flexibility index (Phi) is 4.29. The number of rotatable bonds is 3. The number of hydrogen-bond acceptors (Lipinski definition) is 4. The summed E-state index contributed by atoms with van der Waals surface area (Å²) >= 11 is 0. The van der Waals surface area contributed by atoms with Crippen LogP contribution in [-0.4, -0.2) is 53.7 Å². The van der Waals surface area contributed by atoms with E-state index in [1.54, 1.807) is 0 Å². The zero-order chi connectivity index (χ0) is 15.5. The summed E-state index contributed by atoms with van der Waals surface area (Å²) in [6.07, 6.45) is 0.